The Balaban J connectivity index is 2.24. The van der Waals surface area contributed by atoms with Gasteiger partial charge in [-0.15, -0.1) is 0 Å². The van der Waals surface area contributed by atoms with Crippen LogP contribution in [0.5, 0.6) is 5.75 Å². The standard InChI is InChI=1S/C16H14N2O4/c1-11(19)13-4-6-14(7-5-13)17-10-12-3-8-16(22-2)15(9-12)18(20)21/h3-10H,1-2H3. The lowest BCUT2D eigenvalue weighted by Crippen LogP contribution is -1.95. The minimum atomic E-state index is -0.502. The molecule has 0 radical (unpaired) electrons. The van der Waals surface area contributed by atoms with Crippen molar-refractivity contribution >= 4 is 23.4 Å². The fourth-order valence-corrected chi connectivity index (χ4v) is 1.86. The first-order valence-corrected chi connectivity index (χ1v) is 6.49. The van der Waals surface area contributed by atoms with Crippen molar-refractivity contribution in [2.24, 2.45) is 4.99 Å². The Morgan fingerprint density at radius 2 is 1.91 bits per heavy atom. The fourth-order valence-electron chi connectivity index (χ4n) is 1.86. The van der Waals surface area contributed by atoms with E-state index in [-0.39, 0.29) is 17.2 Å². The van der Waals surface area contributed by atoms with Gasteiger partial charge in [0.1, 0.15) is 0 Å². The van der Waals surface area contributed by atoms with Crippen LogP contribution < -0.4 is 4.74 Å². The summed E-state index contributed by atoms with van der Waals surface area (Å²) >= 11 is 0. The highest BCUT2D eigenvalue weighted by molar-refractivity contribution is 5.94. The Bertz CT molecular complexity index is 736. The third-order valence-corrected chi connectivity index (χ3v) is 3.04. The number of aliphatic imine (C=N–C) groups is 1. The van der Waals surface area contributed by atoms with Gasteiger partial charge in [0.2, 0.25) is 0 Å². The van der Waals surface area contributed by atoms with E-state index in [1.54, 1.807) is 30.3 Å². The SMILES string of the molecule is COc1ccc(C=Nc2ccc(C(C)=O)cc2)cc1[N+](=O)[O-]. The summed E-state index contributed by atoms with van der Waals surface area (Å²) < 4.78 is 4.94. The van der Waals surface area contributed by atoms with Crippen molar-refractivity contribution in [3.8, 4) is 5.75 Å². The Hall–Kier alpha value is -3.02. The summed E-state index contributed by atoms with van der Waals surface area (Å²) in [6.45, 7) is 1.49. The summed E-state index contributed by atoms with van der Waals surface area (Å²) in [6.07, 6.45) is 1.52. The molecule has 0 saturated heterocycles. The second-order valence-electron chi connectivity index (χ2n) is 4.55. The second kappa shape index (κ2) is 6.62. The highest BCUT2D eigenvalue weighted by atomic mass is 16.6. The Morgan fingerprint density at radius 3 is 2.45 bits per heavy atom. The number of benzene rings is 2. The molecule has 0 N–H and O–H groups in total. The number of rotatable bonds is 5. The molecule has 0 fully saturated rings. The van der Waals surface area contributed by atoms with Crippen LogP contribution in [0, 0.1) is 10.1 Å². The van der Waals surface area contributed by atoms with Crippen LogP contribution in [0.2, 0.25) is 0 Å². The first kappa shape index (κ1) is 15.4. The van der Waals surface area contributed by atoms with Gasteiger partial charge in [0.25, 0.3) is 0 Å². The molecule has 0 bridgehead atoms. The van der Waals surface area contributed by atoms with E-state index < -0.39 is 4.92 Å². The molecule has 0 amide bonds. The quantitative estimate of drug-likeness (QED) is 0.366. The lowest BCUT2D eigenvalue weighted by Gasteiger charge is -2.02. The summed E-state index contributed by atoms with van der Waals surface area (Å²) in [5.74, 6) is 0.189. The molecule has 6 heteroatoms. The van der Waals surface area contributed by atoms with Gasteiger partial charge in [-0.1, -0.05) is 0 Å². The molecule has 0 spiro atoms. The number of ketones is 1. The molecule has 112 valence electrons. The second-order valence-corrected chi connectivity index (χ2v) is 4.55. The maximum absolute atomic E-state index is 11.2. The maximum atomic E-state index is 11.2. The lowest BCUT2D eigenvalue weighted by molar-refractivity contribution is -0.385. The number of nitro benzene ring substituents is 1. The first-order valence-electron chi connectivity index (χ1n) is 6.49. The van der Waals surface area contributed by atoms with E-state index in [0.29, 0.717) is 16.8 Å². The lowest BCUT2D eigenvalue weighted by atomic mass is 10.1. The molecule has 0 saturated carbocycles. The van der Waals surface area contributed by atoms with E-state index in [4.69, 9.17) is 4.74 Å². The van der Waals surface area contributed by atoms with Gasteiger partial charge in [0, 0.05) is 17.8 Å². The first-order chi connectivity index (χ1) is 10.5. The molecule has 0 atom stereocenters. The van der Waals surface area contributed by atoms with Crippen LogP contribution in [0.1, 0.15) is 22.8 Å². The number of hydrogen-bond acceptors (Lipinski definition) is 5. The van der Waals surface area contributed by atoms with Gasteiger partial charge in [0.15, 0.2) is 11.5 Å². The molecule has 0 aliphatic rings. The van der Waals surface area contributed by atoms with Gasteiger partial charge in [-0.3, -0.25) is 19.9 Å². The van der Waals surface area contributed by atoms with Gasteiger partial charge in [-0.05, 0) is 48.9 Å². The van der Waals surface area contributed by atoms with Crippen LogP contribution in [-0.2, 0) is 0 Å². The Morgan fingerprint density at radius 1 is 1.23 bits per heavy atom. The van der Waals surface area contributed by atoms with Crippen molar-refractivity contribution in [1.29, 1.82) is 0 Å². The van der Waals surface area contributed by atoms with Crippen molar-refractivity contribution in [3.63, 3.8) is 0 Å². The third-order valence-electron chi connectivity index (χ3n) is 3.04. The van der Waals surface area contributed by atoms with Crippen molar-refractivity contribution < 1.29 is 14.5 Å². The molecule has 0 unspecified atom stereocenters. The molecule has 22 heavy (non-hydrogen) atoms. The highest BCUT2D eigenvalue weighted by Gasteiger charge is 2.14. The van der Waals surface area contributed by atoms with Crippen molar-refractivity contribution in [3.05, 3.63) is 63.7 Å². The highest BCUT2D eigenvalue weighted by Crippen LogP contribution is 2.27. The van der Waals surface area contributed by atoms with E-state index in [2.05, 4.69) is 4.99 Å². The van der Waals surface area contributed by atoms with Crippen LogP contribution >= 0.6 is 0 Å². The van der Waals surface area contributed by atoms with Gasteiger partial charge in [-0.2, -0.15) is 0 Å². The van der Waals surface area contributed by atoms with Crippen molar-refractivity contribution in [2.45, 2.75) is 6.92 Å². The molecule has 2 aromatic rings. The van der Waals surface area contributed by atoms with Gasteiger partial charge in [0.05, 0.1) is 17.7 Å². The van der Waals surface area contributed by atoms with Gasteiger partial charge < -0.3 is 4.74 Å². The third kappa shape index (κ3) is 3.54. The number of hydrogen-bond donors (Lipinski definition) is 0. The Kier molecular flexibility index (Phi) is 4.63. The minimum absolute atomic E-state index is 0.0127. The number of methoxy groups -OCH3 is 1. The average Bonchev–Trinajstić information content (AvgIpc) is 2.53. The zero-order chi connectivity index (χ0) is 16.1. The van der Waals surface area contributed by atoms with Crippen molar-refractivity contribution in [1.82, 2.24) is 0 Å². The number of carbonyl (C=O) groups is 1. The van der Waals surface area contributed by atoms with Crippen LogP contribution in [0.25, 0.3) is 0 Å². The van der Waals surface area contributed by atoms with E-state index in [1.165, 1.54) is 32.4 Å². The maximum Gasteiger partial charge on any atom is 0.311 e. The normalized spacial score (nSPS) is 10.6. The summed E-state index contributed by atoms with van der Waals surface area (Å²) in [6, 6.07) is 11.4. The number of nitro groups is 1. The van der Waals surface area contributed by atoms with E-state index >= 15 is 0 Å². The predicted octanol–water partition coefficient (Wildman–Crippen LogP) is 3.56. The van der Waals surface area contributed by atoms with Crippen LogP contribution in [-0.4, -0.2) is 24.0 Å². The number of Topliss-reactive ketones (excluding diaryl/α,β-unsaturated/α-hetero) is 1. The summed E-state index contributed by atoms with van der Waals surface area (Å²) in [4.78, 5) is 25.9. The molecule has 6 nitrogen and oxygen atoms in total. The monoisotopic (exact) mass is 298 g/mol. The summed E-state index contributed by atoms with van der Waals surface area (Å²) in [5, 5.41) is 11.0. The van der Waals surface area contributed by atoms with Crippen LogP contribution in [0.15, 0.2) is 47.5 Å². The molecular formula is C16H14N2O4. The minimum Gasteiger partial charge on any atom is -0.490 e. The predicted molar refractivity (Wildman–Crippen MR) is 83.3 cm³/mol. The molecule has 2 aromatic carbocycles. The zero-order valence-electron chi connectivity index (χ0n) is 12.1. The Labute approximate surface area is 127 Å². The van der Waals surface area contributed by atoms with E-state index in [9.17, 15) is 14.9 Å². The average molecular weight is 298 g/mol. The molecule has 0 heterocycles. The number of nitrogens with zero attached hydrogens (tertiary/aromatic N) is 2. The van der Waals surface area contributed by atoms with E-state index in [0.717, 1.165) is 0 Å². The molecule has 0 aliphatic heterocycles. The number of ether oxygens (including phenoxy) is 1. The summed E-state index contributed by atoms with van der Waals surface area (Å²) in [5.41, 5.74) is 1.74. The summed E-state index contributed by atoms with van der Waals surface area (Å²) in [7, 11) is 1.38. The van der Waals surface area contributed by atoms with Gasteiger partial charge in [-0.25, -0.2) is 0 Å². The molecular weight excluding hydrogens is 284 g/mol. The molecule has 0 aliphatic carbocycles. The molecule has 2 rings (SSSR count). The smallest absolute Gasteiger partial charge is 0.311 e. The van der Waals surface area contributed by atoms with Crippen LogP contribution in [0.4, 0.5) is 11.4 Å². The van der Waals surface area contributed by atoms with Gasteiger partial charge >= 0.3 is 5.69 Å². The topological polar surface area (TPSA) is 81.8 Å². The van der Waals surface area contributed by atoms with Crippen molar-refractivity contribution in [2.75, 3.05) is 7.11 Å². The largest absolute Gasteiger partial charge is 0.490 e. The zero-order valence-corrected chi connectivity index (χ0v) is 12.1. The van der Waals surface area contributed by atoms with Crippen LogP contribution in [0.3, 0.4) is 0 Å². The van der Waals surface area contributed by atoms with E-state index in [1.807, 2.05) is 0 Å². The molecule has 0 aromatic heterocycles. The fraction of sp³-hybridized carbons (Fsp3) is 0.125. The number of carbonyl (C=O) groups excluding carboxylic acids is 1.